The highest BCUT2D eigenvalue weighted by Gasteiger charge is 2.25. The highest BCUT2D eigenvalue weighted by Crippen LogP contribution is 2.20. The van der Waals surface area contributed by atoms with Gasteiger partial charge in [0.2, 0.25) is 0 Å². The Morgan fingerprint density at radius 1 is 1.21 bits per heavy atom. The van der Waals surface area contributed by atoms with E-state index in [1.54, 1.807) is 0 Å². The van der Waals surface area contributed by atoms with Crippen molar-refractivity contribution in [1.82, 2.24) is 4.90 Å². The van der Waals surface area contributed by atoms with Crippen molar-refractivity contribution >= 4 is 0 Å². The summed E-state index contributed by atoms with van der Waals surface area (Å²) in [6, 6.07) is 10.7. The molecule has 1 aliphatic heterocycles. The fourth-order valence-corrected chi connectivity index (χ4v) is 2.07. The lowest BCUT2D eigenvalue weighted by Gasteiger charge is -2.39. The molecule has 1 fully saturated rings. The Hall–Kier alpha value is -0.860. The van der Waals surface area contributed by atoms with Crippen LogP contribution in [0.4, 0.5) is 0 Å². The van der Waals surface area contributed by atoms with Gasteiger partial charge in [-0.05, 0) is 24.4 Å². The second-order valence-corrected chi connectivity index (χ2v) is 4.12. The van der Waals surface area contributed by atoms with Crippen molar-refractivity contribution in [2.45, 2.75) is 13.0 Å². The lowest BCUT2D eigenvalue weighted by Crippen LogP contribution is -2.46. The molecule has 76 valence electrons. The number of hydrogen-bond acceptors (Lipinski definition) is 2. The molecule has 14 heavy (non-hydrogen) atoms. The zero-order chi connectivity index (χ0) is 9.80. The number of likely N-dealkylation sites (tertiary alicyclic amines) is 1. The minimum atomic E-state index is 0.837. The van der Waals surface area contributed by atoms with Crippen LogP contribution in [-0.4, -0.2) is 24.5 Å². The van der Waals surface area contributed by atoms with Gasteiger partial charge in [0.05, 0.1) is 0 Å². The number of hydrogen-bond donors (Lipinski definition) is 1. The summed E-state index contributed by atoms with van der Waals surface area (Å²) in [5.41, 5.74) is 6.93. The average molecular weight is 190 g/mol. The molecule has 0 aromatic heterocycles. The van der Waals surface area contributed by atoms with Gasteiger partial charge in [0.25, 0.3) is 0 Å². The summed E-state index contributed by atoms with van der Waals surface area (Å²) in [4.78, 5) is 2.48. The van der Waals surface area contributed by atoms with Gasteiger partial charge in [-0.25, -0.2) is 0 Å². The smallest absolute Gasteiger partial charge is 0.0233 e. The molecule has 1 aliphatic rings. The van der Waals surface area contributed by atoms with E-state index in [1.165, 1.54) is 25.1 Å². The fourth-order valence-electron chi connectivity index (χ4n) is 2.07. The maximum atomic E-state index is 5.52. The maximum Gasteiger partial charge on any atom is 0.0233 e. The SMILES string of the molecule is NCCC1CN(Cc2ccccc2)C1. The molecule has 1 aromatic rings. The first kappa shape index (κ1) is 9.69. The fraction of sp³-hybridized carbons (Fsp3) is 0.500. The van der Waals surface area contributed by atoms with Gasteiger partial charge >= 0.3 is 0 Å². The third-order valence-electron chi connectivity index (χ3n) is 2.86. The minimum absolute atomic E-state index is 0.837. The quantitative estimate of drug-likeness (QED) is 0.779. The lowest BCUT2D eigenvalue weighted by atomic mass is 9.96. The van der Waals surface area contributed by atoms with Crippen molar-refractivity contribution in [2.24, 2.45) is 11.7 Å². The van der Waals surface area contributed by atoms with E-state index in [2.05, 4.69) is 35.2 Å². The van der Waals surface area contributed by atoms with E-state index >= 15 is 0 Å². The maximum absolute atomic E-state index is 5.52. The largest absolute Gasteiger partial charge is 0.330 e. The molecule has 0 amide bonds. The molecule has 1 aromatic carbocycles. The second-order valence-electron chi connectivity index (χ2n) is 4.12. The van der Waals surface area contributed by atoms with Gasteiger partial charge in [-0.1, -0.05) is 30.3 Å². The summed E-state index contributed by atoms with van der Waals surface area (Å²) in [6.07, 6.45) is 1.19. The molecule has 1 heterocycles. The summed E-state index contributed by atoms with van der Waals surface area (Å²) < 4.78 is 0. The Balaban J connectivity index is 1.74. The van der Waals surface area contributed by atoms with E-state index < -0.39 is 0 Å². The molecule has 0 aliphatic carbocycles. The van der Waals surface area contributed by atoms with E-state index in [1.807, 2.05) is 0 Å². The lowest BCUT2D eigenvalue weighted by molar-refractivity contribution is 0.0881. The topological polar surface area (TPSA) is 29.3 Å². The van der Waals surface area contributed by atoms with Crippen molar-refractivity contribution in [3.05, 3.63) is 35.9 Å². The molecule has 2 heteroatoms. The van der Waals surface area contributed by atoms with Crippen LogP contribution in [0.1, 0.15) is 12.0 Å². The molecule has 0 spiro atoms. The van der Waals surface area contributed by atoms with Gasteiger partial charge in [0.15, 0.2) is 0 Å². The van der Waals surface area contributed by atoms with Crippen molar-refractivity contribution in [2.75, 3.05) is 19.6 Å². The predicted octanol–water partition coefficient (Wildman–Crippen LogP) is 1.47. The third-order valence-corrected chi connectivity index (χ3v) is 2.86. The Bertz CT molecular complexity index is 265. The molecule has 0 atom stereocenters. The molecular weight excluding hydrogens is 172 g/mol. The van der Waals surface area contributed by atoms with E-state index in [0.29, 0.717) is 0 Å². The predicted molar refractivity (Wildman–Crippen MR) is 58.9 cm³/mol. The first-order chi connectivity index (χ1) is 6.88. The van der Waals surface area contributed by atoms with Gasteiger partial charge in [-0.3, -0.25) is 4.90 Å². The van der Waals surface area contributed by atoms with E-state index in [-0.39, 0.29) is 0 Å². The van der Waals surface area contributed by atoms with E-state index in [4.69, 9.17) is 5.73 Å². The van der Waals surface area contributed by atoms with Gasteiger partial charge in [0, 0.05) is 19.6 Å². The van der Waals surface area contributed by atoms with Gasteiger partial charge in [-0.2, -0.15) is 0 Å². The van der Waals surface area contributed by atoms with E-state index in [0.717, 1.165) is 19.0 Å². The second kappa shape index (κ2) is 4.58. The minimum Gasteiger partial charge on any atom is -0.330 e. The number of nitrogens with zero attached hydrogens (tertiary/aromatic N) is 1. The third kappa shape index (κ3) is 2.34. The molecule has 2 rings (SSSR count). The van der Waals surface area contributed by atoms with Gasteiger partial charge < -0.3 is 5.73 Å². The van der Waals surface area contributed by atoms with Gasteiger partial charge in [-0.15, -0.1) is 0 Å². The molecule has 0 radical (unpaired) electrons. The Morgan fingerprint density at radius 2 is 1.93 bits per heavy atom. The number of rotatable bonds is 4. The molecule has 0 saturated carbocycles. The number of nitrogens with two attached hydrogens (primary N) is 1. The van der Waals surface area contributed by atoms with Crippen LogP contribution in [-0.2, 0) is 6.54 Å². The average Bonchev–Trinajstić information content (AvgIpc) is 2.16. The zero-order valence-electron chi connectivity index (χ0n) is 8.52. The highest BCUT2D eigenvalue weighted by molar-refractivity contribution is 5.14. The number of benzene rings is 1. The van der Waals surface area contributed by atoms with Crippen LogP contribution < -0.4 is 5.73 Å². The van der Waals surface area contributed by atoms with Crippen LogP contribution in [0.5, 0.6) is 0 Å². The van der Waals surface area contributed by atoms with Crippen molar-refractivity contribution in [3.8, 4) is 0 Å². The standard InChI is InChI=1S/C12H18N2/c13-7-6-12-9-14(10-12)8-11-4-2-1-3-5-11/h1-5,12H,6-10,13H2. The molecule has 2 N–H and O–H groups in total. The van der Waals surface area contributed by atoms with Crippen LogP contribution in [0.15, 0.2) is 30.3 Å². The molecule has 0 bridgehead atoms. The van der Waals surface area contributed by atoms with Crippen LogP contribution in [0.25, 0.3) is 0 Å². The van der Waals surface area contributed by atoms with E-state index in [9.17, 15) is 0 Å². The van der Waals surface area contributed by atoms with Crippen molar-refractivity contribution < 1.29 is 0 Å². The van der Waals surface area contributed by atoms with Gasteiger partial charge in [0.1, 0.15) is 0 Å². The summed E-state index contributed by atoms with van der Waals surface area (Å²) in [5.74, 6) is 0.851. The normalized spacial score (nSPS) is 18.1. The monoisotopic (exact) mass is 190 g/mol. The van der Waals surface area contributed by atoms with Crippen molar-refractivity contribution in [1.29, 1.82) is 0 Å². The van der Waals surface area contributed by atoms with Crippen LogP contribution in [0.2, 0.25) is 0 Å². The molecule has 2 nitrogen and oxygen atoms in total. The first-order valence-corrected chi connectivity index (χ1v) is 5.35. The summed E-state index contributed by atoms with van der Waals surface area (Å²) in [7, 11) is 0. The van der Waals surface area contributed by atoms with Crippen molar-refractivity contribution in [3.63, 3.8) is 0 Å². The first-order valence-electron chi connectivity index (χ1n) is 5.35. The highest BCUT2D eigenvalue weighted by atomic mass is 15.2. The van der Waals surface area contributed by atoms with Crippen LogP contribution in [0.3, 0.4) is 0 Å². The molecular formula is C12H18N2. The zero-order valence-corrected chi connectivity index (χ0v) is 8.52. The molecule has 0 unspecified atom stereocenters. The summed E-state index contributed by atoms with van der Waals surface area (Å²) in [5, 5.41) is 0. The van der Waals surface area contributed by atoms with Crippen LogP contribution >= 0.6 is 0 Å². The molecule has 1 saturated heterocycles. The summed E-state index contributed by atoms with van der Waals surface area (Å²) >= 11 is 0. The van der Waals surface area contributed by atoms with Crippen LogP contribution in [0, 0.1) is 5.92 Å². The summed E-state index contributed by atoms with van der Waals surface area (Å²) in [6.45, 7) is 4.39. The Morgan fingerprint density at radius 3 is 2.57 bits per heavy atom. The Labute approximate surface area is 85.7 Å². The Kier molecular flexibility index (Phi) is 3.17.